The number of rotatable bonds is 4. The van der Waals surface area contributed by atoms with Crippen LogP contribution in [0.3, 0.4) is 0 Å². The zero-order valence-corrected chi connectivity index (χ0v) is 25.1. The van der Waals surface area contributed by atoms with Gasteiger partial charge in [0.1, 0.15) is 22.6 Å². The molecule has 0 unspecified atom stereocenters. The van der Waals surface area contributed by atoms with E-state index < -0.39 is 41.1 Å². The van der Waals surface area contributed by atoms with Gasteiger partial charge in [0.15, 0.2) is 0 Å². The quantitative estimate of drug-likeness (QED) is 0.130. The van der Waals surface area contributed by atoms with E-state index >= 15 is 0 Å². The van der Waals surface area contributed by atoms with E-state index in [4.69, 9.17) is 9.47 Å². The second-order valence-electron chi connectivity index (χ2n) is 12.5. The molecule has 0 amide bonds. The predicted molar refractivity (Wildman–Crippen MR) is 158 cm³/mol. The van der Waals surface area contributed by atoms with Gasteiger partial charge in [-0.2, -0.15) is 26.3 Å². The van der Waals surface area contributed by atoms with Crippen molar-refractivity contribution < 1.29 is 40.6 Å². The molecule has 232 valence electrons. The second-order valence-corrected chi connectivity index (χ2v) is 12.5. The van der Waals surface area contributed by atoms with Crippen LogP contribution in [-0.2, 0) is 23.2 Å². The van der Waals surface area contributed by atoms with Gasteiger partial charge in [-0.05, 0) is 56.3 Å². The Bertz CT molecular complexity index is 1510. The Morgan fingerprint density at radius 3 is 1.09 bits per heavy atom. The highest BCUT2D eigenvalue weighted by Crippen LogP contribution is 2.45. The second kappa shape index (κ2) is 11.7. The molecule has 3 nitrogen and oxygen atoms in total. The highest BCUT2D eigenvalue weighted by Gasteiger charge is 2.40. The van der Waals surface area contributed by atoms with Crippen molar-refractivity contribution in [1.29, 1.82) is 0 Å². The summed E-state index contributed by atoms with van der Waals surface area (Å²) in [6.07, 6.45) is -11.7. The molecular weight excluding hydrogens is 582 g/mol. The molecule has 0 N–H and O–H groups in total. The van der Waals surface area contributed by atoms with Gasteiger partial charge >= 0.3 is 18.5 Å². The molecule has 0 aliphatic carbocycles. The minimum Gasteiger partial charge on any atom is -0.394 e. The molecule has 4 aromatic rings. The van der Waals surface area contributed by atoms with Crippen LogP contribution in [0.4, 0.5) is 31.1 Å². The standard InChI is InChI=1S/C35H32F6O3/c1-32(2,3)23-17-13-21(14-18-23)25-9-7-11-27(29(25)34(36,37)38)43-31(42)44-28-12-8-10-26(30(28)35(39,40)41)22-15-19-24(20-16-22)33(4,5)6/h7-20H,1-6H3. The summed E-state index contributed by atoms with van der Waals surface area (Å²) in [7, 11) is 0. The summed E-state index contributed by atoms with van der Waals surface area (Å²) in [4.78, 5) is 12.8. The minimum atomic E-state index is -4.97. The zero-order chi connectivity index (χ0) is 32.7. The van der Waals surface area contributed by atoms with Crippen molar-refractivity contribution in [3.63, 3.8) is 0 Å². The Morgan fingerprint density at radius 1 is 0.500 bits per heavy atom. The van der Waals surface area contributed by atoms with E-state index in [9.17, 15) is 31.1 Å². The number of hydrogen-bond acceptors (Lipinski definition) is 3. The molecule has 0 heterocycles. The molecule has 0 aromatic heterocycles. The first kappa shape index (κ1) is 32.6. The summed E-state index contributed by atoms with van der Waals surface area (Å²) in [5.41, 5.74) is -1.28. The molecule has 0 saturated heterocycles. The molecule has 0 spiro atoms. The average molecular weight is 615 g/mol. The normalized spacial score (nSPS) is 12.6. The van der Waals surface area contributed by atoms with Crippen molar-refractivity contribution >= 4 is 6.16 Å². The van der Waals surface area contributed by atoms with Crippen LogP contribution >= 0.6 is 0 Å². The molecule has 0 radical (unpaired) electrons. The van der Waals surface area contributed by atoms with Gasteiger partial charge in [0.25, 0.3) is 0 Å². The van der Waals surface area contributed by atoms with Gasteiger partial charge in [0, 0.05) is 0 Å². The molecule has 4 aromatic carbocycles. The molecule has 44 heavy (non-hydrogen) atoms. The van der Waals surface area contributed by atoms with Crippen LogP contribution in [0.5, 0.6) is 11.5 Å². The van der Waals surface area contributed by atoms with Crippen LogP contribution in [0.1, 0.15) is 63.8 Å². The number of carbonyl (C=O) groups is 1. The van der Waals surface area contributed by atoms with Crippen LogP contribution in [0.15, 0.2) is 84.9 Å². The number of ether oxygens (including phenoxy) is 2. The first-order valence-corrected chi connectivity index (χ1v) is 13.8. The lowest BCUT2D eigenvalue weighted by Gasteiger charge is -2.21. The van der Waals surface area contributed by atoms with Crippen LogP contribution in [-0.4, -0.2) is 6.16 Å². The Labute approximate surface area is 252 Å². The van der Waals surface area contributed by atoms with Gasteiger partial charge in [0.05, 0.1) is 0 Å². The molecule has 0 atom stereocenters. The van der Waals surface area contributed by atoms with Crippen molar-refractivity contribution in [2.75, 3.05) is 0 Å². The molecular formula is C35H32F6O3. The predicted octanol–water partition coefficient (Wildman–Crippen LogP) is 11.2. The Morgan fingerprint density at radius 2 is 0.818 bits per heavy atom. The maximum absolute atomic E-state index is 14.3. The first-order valence-electron chi connectivity index (χ1n) is 13.8. The summed E-state index contributed by atoms with van der Waals surface area (Å²) in [5, 5.41) is 0. The van der Waals surface area contributed by atoms with E-state index in [1.807, 2.05) is 41.5 Å². The zero-order valence-electron chi connectivity index (χ0n) is 25.1. The number of alkyl halides is 6. The van der Waals surface area contributed by atoms with Crippen molar-refractivity contribution in [3.05, 3.63) is 107 Å². The van der Waals surface area contributed by atoms with Gasteiger partial charge in [-0.25, -0.2) is 4.79 Å². The van der Waals surface area contributed by atoms with Crippen LogP contribution in [0, 0.1) is 0 Å². The van der Waals surface area contributed by atoms with Crippen LogP contribution < -0.4 is 9.47 Å². The summed E-state index contributed by atoms with van der Waals surface area (Å²) in [5.74, 6) is -1.80. The van der Waals surface area contributed by atoms with Gasteiger partial charge in [-0.3, -0.25) is 0 Å². The lowest BCUT2D eigenvalue weighted by Crippen LogP contribution is -2.20. The SMILES string of the molecule is CC(C)(C)c1ccc(-c2cccc(OC(=O)Oc3cccc(-c4ccc(C(C)(C)C)cc4)c3C(F)(F)F)c2C(F)(F)F)cc1. The number of halogens is 6. The van der Waals surface area contributed by atoms with Gasteiger partial charge < -0.3 is 9.47 Å². The van der Waals surface area contributed by atoms with Crippen molar-refractivity contribution in [2.45, 2.75) is 64.7 Å². The van der Waals surface area contributed by atoms with Gasteiger partial charge in [-0.15, -0.1) is 0 Å². The number of hydrogen-bond donors (Lipinski definition) is 0. The maximum Gasteiger partial charge on any atom is 0.519 e. The molecule has 0 fully saturated rings. The Balaban J connectivity index is 1.70. The van der Waals surface area contributed by atoms with Crippen molar-refractivity contribution in [2.24, 2.45) is 0 Å². The van der Waals surface area contributed by atoms with Crippen molar-refractivity contribution in [3.8, 4) is 33.8 Å². The summed E-state index contributed by atoms with van der Waals surface area (Å²) >= 11 is 0. The Kier molecular flexibility index (Phi) is 8.66. The fraction of sp³-hybridized carbons (Fsp3) is 0.286. The third kappa shape index (κ3) is 7.26. The highest BCUT2D eigenvalue weighted by molar-refractivity contribution is 5.77. The van der Waals surface area contributed by atoms with E-state index in [2.05, 4.69) is 0 Å². The van der Waals surface area contributed by atoms with E-state index in [-0.39, 0.29) is 33.1 Å². The smallest absolute Gasteiger partial charge is 0.394 e. The fourth-order valence-electron chi connectivity index (χ4n) is 4.80. The fourth-order valence-corrected chi connectivity index (χ4v) is 4.80. The molecule has 0 aliphatic rings. The Hall–Kier alpha value is -4.27. The topological polar surface area (TPSA) is 35.5 Å². The van der Waals surface area contributed by atoms with Gasteiger partial charge in [0.2, 0.25) is 0 Å². The average Bonchev–Trinajstić information content (AvgIpc) is 2.90. The molecule has 0 saturated carbocycles. The van der Waals surface area contributed by atoms with E-state index in [0.29, 0.717) is 0 Å². The number of carbonyl (C=O) groups excluding carboxylic acids is 1. The molecule has 0 bridgehead atoms. The maximum atomic E-state index is 14.3. The lowest BCUT2D eigenvalue weighted by atomic mass is 9.86. The first-order chi connectivity index (χ1) is 20.3. The van der Waals surface area contributed by atoms with Crippen molar-refractivity contribution in [1.82, 2.24) is 0 Å². The summed E-state index contributed by atoms with van der Waals surface area (Å²) in [6, 6.07) is 19.7. The molecule has 0 aliphatic heterocycles. The third-order valence-corrected chi connectivity index (χ3v) is 7.13. The minimum absolute atomic E-state index is 0.216. The van der Waals surface area contributed by atoms with E-state index in [0.717, 1.165) is 23.3 Å². The summed E-state index contributed by atoms with van der Waals surface area (Å²) in [6.45, 7) is 11.8. The highest BCUT2D eigenvalue weighted by atomic mass is 19.4. The third-order valence-electron chi connectivity index (χ3n) is 7.13. The van der Waals surface area contributed by atoms with Crippen LogP contribution in [0.2, 0.25) is 0 Å². The largest absolute Gasteiger partial charge is 0.519 e. The monoisotopic (exact) mass is 614 g/mol. The molecule has 4 rings (SSSR count). The van der Waals surface area contributed by atoms with Gasteiger partial charge in [-0.1, -0.05) is 114 Å². The summed E-state index contributed by atoms with van der Waals surface area (Å²) < 4.78 is 95.8. The number of benzene rings is 4. The van der Waals surface area contributed by atoms with E-state index in [1.165, 1.54) is 48.5 Å². The van der Waals surface area contributed by atoms with E-state index in [1.54, 1.807) is 24.3 Å². The molecule has 9 heteroatoms. The lowest BCUT2D eigenvalue weighted by molar-refractivity contribution is -0.138. The van der Waals surface area contributed by atoms with Crippen LogP contribution in [0.25, 0.3) is 22.3 Å².